The summed E-state index contributed by atoms with van der Waals surface area (Å²) in [6.07, 6.45) is 3.52. The molecule has 0 saturated carbocycles. The van der Waals surface area contributed by atoms with Crippen molar-refractivity contribution in [2.75, 3.05) is 25.0 Å². The van der Waals surface area contributed by atoms with E-state index >= 15 is 0 Å². The Morgan fingerprint density at radius 1 is 1.45 bits per heavy atom. The lowest BCUT2D eigenvalue weighted by Gasteiger charge is -2.19. The standard InChI is InChI=1S/C16H23ClN2O/c1-3-5-12-8-9-19(11-12)16(20)14-10-13(17)6-7-15(14)18-4-2/h6-7,10,12,18H,3-5,8-9,11H2,1-2H3. The van der Waals surface area contributed by atoms with Crippen LogP contribution in [-0.2, 0) is 0 Å². The molecule has 0 aliphatic carbocycles. The van der Waals surface area contributed by atoms with Crippen LogP contribution in [0.3, 0.4) is 0 Å². The van der Waals surface area contributed by atoms with Crippen LogP contribution in [0.1, 0.15) is 43.5 Å². The number of hydrogen-bond acceptors (Lipinski definition) is 2. The molecule has 1 saturated heterocycles. The first kappa shape index (κ1) is 15.2. The van der Waals surface area contributed by atoms with Gasteiger partial charge in [0.25, 0.3) is 5.91 Å². The molecule has 1 aromatic carbocycles. The van der Waals surface area contributed by atoms with Crippen molar-refractivity contribution in [1.29, 1.82) is 0 Å². The minimum atomic E-state index is 0.0991. The van der Waals surface area contributed by atoms with Crippen molar-refractivity contribution in [3.8, 4) is 0 Å². The van der Waals surface area contributed by atoms with E-state index in [1.807, 2.05) is 24.0 Å². The van der Waals surface area contributed by atoms with Crippen molar-refractivity contribution in [3.63, 3.8) is 0 Å². The van der Waals surface area contributed by atoms with Crippen LogP contribution in [0.25, 0.3) is 0 Å². The van der Waals surface area contributed by atoms with E-state index in [2.05, 4.69) is 12.2 Å². The number of nitrogens with one attached hydrogen (secondary N) is 1. The number of nitrogens with zero attached hydrogens (tertiary/aromatic N) is 1. The molecule has 1 N–H and O–H groups in total. The summed E-state index contributed by atoms with van der Waals surface area (Å²) in [7, 11) is 0. The van der Waals surface area contributed by atoms with E-state index in [0.29, 0.717) is 16.5 Å². The SMILES string of the molecule is CCCC1CCN(C(=O)c2cc(Cl)ccc2NCC)C1. The van der Waals surface area contributed by atoms with Crippen molar-refractivity contribution in [2.45, 2.75) is 33.1 Å². The van der Waals surface area contributed by atoms with Gasteiger partial charge in [-0.05, 0) is 43.9 Å². The molecule has 1 heterocycles. The van der Waals surface area contributed by atoms with Gasteiger partial charge in [-0.15, -0.1) is 0 Å². The third kappa shape index (κ3) is 3.45. The summed E-state index contributed by atoms with van der Waals surface area (Å²) >= 11 is 6.05. The predicted molar refractivity (Wildman–Crippen MR) is 84.5 cm³/mol. The molecule has 0 radical (unpaired) electrons. The number of amides is 1. The Kier molecular flexibility index (Phi) is 5.30. The fourth-order valence-electron chi connectivity index (χ4n) is 2.87. The van der Waals surface area contributed by atoms with Crippen LogP contribution in [-0.4, -0.2) is 30.4 Å². The second-order valence-electron chi connectivity index (χ2n) is 5.41. The minimum absolute atomic E-state index is 0.0991. The van der Waals surface area contributed by atoms with Crippen LogP contribution in [0.2, 0.25) is 5.02 Å². The average Bonchev–Trinajstić information content (AvgIpc) is 2.89. The number of carbonyl (C=O) groups excluding carboxylic acids is 1. The molecule has 1 atom stereocenters. The normalized spacial score (nSPS) is 18.4. The number of benzene rings is 1. The van der Waals surface area contributed by atoms with Crippen molar-refractivity contribution >= 4 is 23.2 Å². The third-order valence-electron chi connectivity index (χ3n) is 3.85. The Morgan fingerprint density at radius 2 is 2.25 bits per heavy atom. The van der Waals surface area contributed by atoms with E-state index in [4.69, 9.17) is 11.6 Å². The lowest BCUT2D eigenvalue weighted by Crippen LogP contribution is -2.29. The minimum Gasteiger partial charge on any atom is -0.385 e. The topological polar surface area (TPSA) is 32.3 Å². The second-order valence-corrected chi connectivity index (χ2v) is 5.85. The van der Waals surface area contributed by atoms with Gasteiger partial charge in [0.1, 0.15) is 0 Å². The number of carbonyl (C=O) groups is 1. The van der Waals surface area contributed by atoms with E-state index in [1.165, 1.54) is 12.8 Å². The van der Waals surface area contributed by atoms with Gasteiger partial charge in [-0.2, -0.15) is 0 Å². The highest BCUT2D eigenvalue weighted by Crippen LogP contribution is 2.26. The van der Waals surface area contributed by atoms with Gasteiger partial charge < -0.3 is 10.2 Å². The maximum atomic E-state index is 12.7. The van der Waals surface area contributed by atoms with Crippen molar-refractivity contribution in [1.82, 2.24) is 4.90 Å². The maximum Gasteiger partial charge on any atom is 0.256 e. The summed E-state index contributed by atoms with van der Waals surface area (Å²) in [5, 5.41) is 3.85. The smallest absolute Gasteiger partial charge is 0.256 e. The molecule has 20 heavy (non-hydrogen) atoms. The summed E-state index contributed by atoms with van der Waals surface area (Å²) < 4.78 is 0. The van der Waals surface area contributed by atoms with Gasteiger partial charge in [0, 0.05) is 30.3 Å². The Balaban J connectivity index is 2.14. The lowest BCUT2D eigenvalue weighted by molar-refractivity contribution is 0.0787. The maximum absolute atomic E-state index is 12.7. The molecule has 1 amide bonds. The van der Waals surface area contributed by atoms with E-state index < -0.39 is 0 Å². The molecular formula is C16H23ClN2O. The Hall–Kier alpha value is -1.22. The third-order valence-corrected chi connectivity index (χ3v) is 4.08. The molecule has 1 unspecified atom stereocenters. The summed E-state index contributed by atoms with van der Waals surface area (Å²) in [6, 6.07) is 5.48. The summed E-state index contributed by atoms with van der Waals surface area (Å²) in [6.45, 7) is 6.76. The average molecular weight is 295 g/mol. The largest absolute Gasteiger partial charge is 0.385 e. The highest BCUT2D eigenvalue weighted by atomic mass is 35.5. The fraction of sp³-hybridized carbons (Fsp3) is 0.562. The predicted octanol–water partition coefficient (Wildman–Crippen LogP) is 4.03. The molecular weight excluding hydrogens is 272 g/mol. The van der Waals surface area contributed by atoms with Crippen LogP contribution >= 0.6 is 11.6 Å². The van der Waals surface area contributed by atoms with Gasteiger partial charge in [-0.25, -0.2) is 0 Å². The molecule has 2 rings (SSSR count). The first-order valence-electron chi connectivity index (χ1n) is 7.48. The van der Waals surface area contributed by atoms with Gasteiger partial charge >= 0.3 is 0 Å². The van der Waals surface area contributed by atoms with Gasteiger partial charge in [-0.3, -0.25) is 4.79 Å². The van der Waals surface area contributed by atoms with Gasteiger partial charge in [0.05, 0.1) is 5.56 Å². The Bertz CT molecular complexity index is 476. The summed E-state index contributed by atoms with van der Waals surface area (Å²) in [5.74, 6) is 0.757. The zero-order chi connectivity index (χ0) is 14.5. The first-order valence-corrected chi connectivity index (χ1v) is 7.86. The van der Waals surface area contributed by atoms with Crippen LogP contribution in [0.15, 0.2) is 18.2 Å². The Morgan fingerprint density at radius 3 is 2.95 bits per heavy atom. The van der Waals surface area contributed by atoms with Crippen LogP contribution in [0.5, 0.6) is 0 Å². The molecule has 4 heteroatoms. The van der Waals surface area contributed by atoms with Gasteiger partial charge in [0.15, 0.2) is 0 Å². The molecule has 1 aliphatic rings. The van der Waals surface area contributed by atoms with Crippen LogP contribution in [0.4, 0.5) is 5.69 Å². The van der Waals surface area contributed by atoms with E-state index in [0.717, 1.165) is 31.7 Å². The zero-order valence-electron chi connectivity index (χ0n) is 12.3. The molecule has 1 aliphatic heterocycles. The number of halogens is 1. The van der Waals surface area contributed by atoms with Crippen molar-refractivity contribution < 1.29 is 4.79 Å². The van der Waals surface area contributed by atoms with Crippen molar-refractivity contribution in [3.05, 3.63) is 28.8 Å². The van der Waals surface area contributed by atoms with Gasteiger partial charge in [-0.1, -0.05) is 24.9 Å². The molecule has 3 nitrogen and oxygen atoms in total. The molecule has 1 aromatic rings. The highest BCUT2D eigenvalue weighted by molar-refractivity contribution is 6.31. The lowest BCUT2D eigenvalue weighted by atomic mass is 10.0. The van der Waals surface area contributed by atoms with E-state index in [9.17, 15) is 4.79 Å². The monoisotopic (exact) mass is 294 g/mol. The quantitative estimate of drug-likeness (QED) is 0.889. The van der Waals surface area contributed by atoms with Crippen LogP contribution in [0, 0.1) is 5.92 Å². The number of rotatable bonds is 5. The number of likely N-dealkylation sites (tertiary alicyclic amines) is 1. The van der Waals surface area contributed by atoms with Crippen LogP contribution < -0.4 is 5.32 Å². The highest BCUT2D eigenvalue weighted by Gasteiger charge is 2.27. The Labute approximate surface area is 126 Å². The molecule has 0 spiro atoms. The van der Waals surface area contributed by atoms with Gasteiger partial charge in [0.2, 0.25) is 0 Å². The number of hydrogen-bond donors (Lipinski definition) is 1. The van der Waals surface area contributed by atoms with Crippen molar-refractivity contribution in [2.24, 2.45) is 5.92 Å². The molecule has 110 valence electrons. The van der Waals surface area contributed by atoms with E-state index in [1.54, 1.807) is 6.07 Å². The number of anilines is 1. The fourth-order valence-corrected chi connectivity index (χ4v) is 3.04. The zero-order valence-corrected chi connectivity index (χ0v) is 13.0. The second kappa shape index (κ2) is 6.98. The summed E-state index contributed by atoms with van der Waals surface area (Å²) in [4.78, 5) is 14.6. The summed E-state index contributed by atoms with van der Waals surface area (Å²) in [5.41, 5.74) is 1.57. The first-order chi connectivity index (χ1) is 9.65. The molecule has 0 bridgehead atoms. The van der Waals surface area contributed by atoms with E-state index in [-0.39, 0.29) is 5.91 Å². The molecule has 1 fully saturated rings. The molecule has 0 aromatic heterocycles.